The van der Waals surface area contributed by atoms with E-state index in [0.717, 1.165) is 31.7 Å². The molecule has 4 heterocycles. The zero-order valence-electron chi connectivity index (χ0n) is 16.8. The largest absolute Gasteiger partial charge is 0.433 e. The van der Waals surface area contributed by atoms with E-state index in [9.17, 15) is 21.6 Å². The van der Waals surface area contributed by atoms with Crippen molar-refractivity contribution in [1.82, 2.24) is 23.8 Å². The molecular formula is C18H23F3N6O3S. The highest BCUT2D eigenvalue weighted by Crippen LogP contribution is 2.33. The van der Waals surface area contributed by atoms with Gasteiger partial charge in [0.1, 0.15) is 17.8 Å². The quantitative estimate of drug-likeness (QED) is 0.727. The molecule has 13 heteroatoms. The second-order valence-corrected chi connectivity index (χ2v) is 9.69. The van der Waals surface area contributed by atoms with Gasteiger partial charge in [0.2, 0.25) is 0 Å². The minimum Gasteiger partial charge on any atom is -0.378 e. The summed E-state index contributed by atoms with van der Waals surface area (Å²) in [5.74, 6) is -0.256. The van der Waals surface area contributed by atoms with Gasteiger partial charge >= 0.3 is 6.18 Å². The predicted octanol–water partition coefficient (Wildman–Crippen LogP) is 1.90. The maximum absolute atomic E-state index is 13.1. The molecule has 9 nitrogen and oxygen atoms in total. The zero-order valence-corrected chi connectivity index (χ0v) is 17.6. The van der Waals surface area contributed by atoms with Crippen LogP contribution in [0.15, 0.2) is 29.9 Å². The lowest BCUT2D eigenvalue weighted by Gasteiger charge is -2.31. The van der Waals surface area contributed by atoms with Crippen molar-refractivity contribution in [2.45, 2.75) is 42.6 Å². The van der Waals surface area contributed by atoms with Crippen LogP contribution in [0.4, 0.5) is 19.0 Å². The highest BCUT2D eigenvalue weighted by Gasteiger charge is 2.44. The molecule has 0 spiro atoms. The van der Waals surface area contributed by atoms with Gasteiger partial charge in [0, 0.05) is 51.0 Å². The molecule has 4 rings (SSSR count). The molecule has 1 N–H and O–H groups in total. The van der Waals surface area contributed by atoms with Crippen molar-refractivity contribution in [3.05, 3.63) is 30.6 Å². The van der Waals surface area contributed by atoms with Crippen LogP contribution in [0.5, 0.6) is 0 Å². The first-order valence-electron chi connectivity index (χ1n) is 9.90. The lowest BCUT2D eigenvalue weighted by molar-refractivity contribution is -0.141. The number of aryl methyl sites for hydroxylation is 1. The number of ether oxygens (including phenoxy) is 1. The summed E-state index contributed by atoms with van der Waals surface area (Å²) in [6, 6.07) is 0.354. The molecule has 2 aliphatic rings. The van der Waals surface area contributed by atoms with Gasteiger partial charge in [-0.2, -0.15) is 17.5 Å². The number of aromatic nitrogens is 4. The Kier molecular flexibility index (Phi) is 5.92. The van der Waals surface area contributed by atoms with Gasteiger partial charge in [-0.05, 0) is 19.3 Å². The summed E-state index contributed by atoms with van der Waals surface area (Å²) < 4.78 is 73.9. The van der Waals surface area contributed by atoms with Gasteiger partial charge in [-0.3, -0.25) is 0 Å². The Morgan fingerprint density at radius 1 is 1.19 bits per heavy atom. The number of rotatable bonds is 5. The van der Waals surface area contributed by atoms with Crippen molar-refractivity contribution < 1.29 is 26.3 Å². The Morgan fingerprint density at radius 3 is 2.65 bits per heavy atom. The van der Waals surface area contributed by atoms with Crippen LogP contribution < -0.4 is 5.32 Å². The maximum atomic E-state index is 13.1. The molecular weight excluding hydrogens is 437 g/mol. The number of sulfonamides is 1. The van der Waals surface area contributed by atoms with E-state index in [2.05, 4.69) is 20.3 Å². The Morgan fingerprint density at radius 2 is 2.00 bits per heavy atom. The molecule has 2 aromatic rings. The summed E-state index contributed by atoms with van der Waals surface area (Å²) >= 11 is 0. The predicted molar refractivity (Wildman–Crippen MR) is 103 cm³/mol. The number of nitrogens with one attached hydrogen (secondary N) is 1. The number of imidazole rings is 1. The lowest BCUT2D eigenvalue weighted by atomic mass is 9.91. The SMILES string of the molecule is Cn1cnc(S(=O)(=O)N2CC(Nc3cc(C(F)(F)F)ncn3)C(C3CCCCO3)C2)c1. The smallest absolute Gasteiger partial charge is 0.378 e. The van der Waals surface area contributed by atoms with Crippen LogP contribution in [0.25, 0.3) is 0 Å². The average Bonchev–Trinajstić information content (AvgIpc) is 3.36. The van der Waals surface area contributed by atoms with Crippen molar-refractivity contribution in [2.75, 3.05) is 25.0 Å². The van der Waals surface area contributed by atoms with E-state index in [1.165, 1.54) is 16.8 Å². The third-order valence-corrected chi connectivity index (χ3v) is 7.32. The molecule has 0 radical (unpaired) electrons. The van der Waals surface area contributed by atoms with Gasteiger partial charge in [0.25, 0.3) is 10.0 Å². The van der Waals surface area contributed by atoms with Crippen LogP contribution in [0, 0.1) is 5.92 Å². The van der Waals surface area contributed by atoms with E-state index >= 15 is 0 Å². The van der Waals surface area contributed by atoms with Crippen LogP contribution in [-0.2, 0) is 28.0 Å². The van der Waals surface area contributed by atoms with E-state index in [4.69, 9.17) is 4.74 Å². The van der Waals surface area contributed by atoms with E-state index in [-0.39, 0.29) is 36.0 Å². The van der Waals surface area contributed by atoms with Crippen LogP contribution in [0.2, 0.25) is 0 Å². The fourth-order valence-electron chi connectivity index (χ4n) is 4.06. The summed E-state index contributed by atoms with van der Waals surface area (Å²) in [5.41, 5.74) is -1.06. The number of anilines is 1. The average molecular weight is 460 g/mol. The third kappa shape index (κ3) is 4.67. The summed E-state index contributed by atoms with van der Waals surface area (Å²) in [6.07, 6.45) is 1.51. The molecule has 2 fully saturated rings. The molecule has 0 amide bonds. The Balaban J connectivity index is 1.59. The van der Waals surface area contributed by atoms with Crippen molar-refractivity contribution in [3.8, 4) is 0 Å². The van der Waals surface area contributed by atoms with E-state index in [1.54, 1.807) is 11.6 Å². The zero-order chi connectivity index (χ0) is 22.2. The molecule has 0 bridgehead atoms. The van der Waals surface area contributed by atoms with Crippen molar-refractivity contribution in [3.63, 3.8) is 0 Å². The van der Waals surface area contributed by atoms with Crippen molar-refractivity contribution in [1.29, 1.82) is 0 Å². The molecule has 0 aromatic carbocycles. The number of hydrogen-bond donors (Lipinski definition) is 1. The van der Waals surface area contributed by atoms with Gasteiger partial charge in [-0.25, -0.2) is 23.4 Å². The van der Waals surface area contributed by atoms with Gasteiger partial charge in [-0.1, -0.05) is 0 Å². The van der Waals surface area contributed by atoms with Crippen LogP contribution in [0.3, 0.4) is 0 Å². The lowest BCUT2D eigenvalue weighted by Crippen LogP contribution is -2.39. The van der Waals surface area contributed by atoms with E-state index < -0.39 is 27.9 Å². The molecule has 3 unspecified atom stereocenters. The summed E-state index contributed by atoms with van der Waals surface area (Å²) in [5, 5.41) is 2.93. The third-order valence-electron chi connectivity index (χ3n) is 5.60. The number of nitrogens with zero attached hydrogens (tertiary/aromatic N) is 5. The maximum Gasteiger partial charge on any atom is 0.433 e. The summed E-state index contributed by atoms with van der Waals surface area (Å²) in [6.45, 7) is 0.819. The molecule has 2 aromatic heterocycles. The standard InChI is InChI=1S/C18H23F3N6O3S/c1-26-9-17(24-11-26)31(28,29)27-7-12(14-4-2-3-5-30-14)13(8-27)25-16-6-15(18(19,20)21)22-10-23-16/h6,9-14H,2-5,7-8H2,1H3,(H,22,23,25). The molecule has 2 aliphatic heterocycles. The Hall–Kier alpha value is -2.25. The first kappa shape index (κ1) is 22.0. The highest BCUT2D eigenvalue weighted by atomic mass is 32.2. The first-order chi connectivity index (χ1) is 14.6. The second-order valence-electron chi connectivity index (χ2n) is 7.81. The van der Waals surface area contributed by atoms with Gasteiger partial charge in [-0.15, -0.1) is 0 Å². The monoisotopic (exact) mass is 460 g/mol. The minimum atomic E-state index is -4.60. The number of hydrogen-bond acceptors (Lipinski definition) is 7. The van der Waals surface area contributed by atoms with Crippen LogP contribution >= 0.6 is 0 Å². The van der Waals surface area contributed by atoms with E-state index in [0.29, 0.717) is 6.61 Å². The van der Waals surface area contributed by atoms with E-state index in [1.807, 2.05) is 0 Å². The van der Waals surface area contributed by atoms with Crippen LogP contribution in [0.1, 0.15) is 25.0 Å². The fraction of sp³-hybridized carbons (Fsp3) is 0.611. The first-order valence-corrected chi connectivity index (χ1v) is 11.3. The topological polar surface area (TPSA) is 102 Å². The minimum absolute atomic E-state index is 0.00906. The number of halogens is 3. The summed E-state index contributed by atoms with van der Waals surface area (Å²) in [7, 11) is -2.18. The number of alkyl halides is 3. The molecule has 2 saturated heterocycles. The molecule has 31 heavy (non-hydrogen) atoms. The fourth-order valence-corrected chi connectivity index (χ4v) is 5.53. The van der Waals surface area contributed by atoms with Crippen molar-refractivity contribution >= 4 is 15.8 Å². The van der Waals surface area contributed by atoms with Gasteiger partial charge < -0.3 is 14.6 Å². The molecule has 0 saturated carbocycles. The normalized spacial score (nSPS) is 25.6. The van der Waals surface area contributed by atoms with Gasteiger partial charge in [0.05, 0.1) is 12.4 Å². The Labute approximate surface area is 177 Å². The van der Waals surface area contributed by atoms with Crippen molar-refractivity contribution in [2.24, 2.45) is 13.0 Å². The van der Waals surface area contributed by atoms with Crippen LogP contribution in [-0.4, -0.2) is 64.1 Å². The molecule has 170 valence electrons. The van der Waals surface area contributed by atoms with Gasteiger partial charge in [0.15, 0.2) is 5.03 Å². The molecule has 3 atom stereocenters. The summed E-state index contributed by atoms with van der Waals surface area (Å²) in [4.78, 5) is 11.1. The highest BCUT2D eigenvalue weighted by molar-refractivity contribution is 7.89. The Bertz CT molecular complexity index is 1020. The second kappa shape index (κ2) is 8.36. The molecule has 0 aliphatic carbocycles.